The number of carbonyl (C=O) groups is 1. The van der Waals surface area contributed by atoms with Crippen LogP contribution in [0.5, 0.6) is 0 Å². The smallest absolute Gasteiger partial charge is 0.192 e. The van der Waals surface area contributed by atoms with E-state index in [9.17, 15) is 4.79 Å². The quantitative estimate of drug-likeness (QED) is 0.521. The third kappa shape index (κ3) is 4.06. The average molecular weight is 399 g/mol. The van der Waals surface area contributed by atoms with Crippen LogP contribution in [0.25, 0.3) is 0 Å². The standard InChI is InChI=1S/C21H42O3Si2/c1-19(2,3)25(7,8)23-17-12-11-13-21(17)15-16(22)14-18(21)24-26(9,10)20(4,5)6/h17-18H,11-15H2,1-10H3/t17-,18-,21-/m0/s1. The lowest BCUT2D eigenvalue weighted by molar-refractivity contribution is -0.118. The second kappa shape index (κ2) is 6.82. The molecule has 0 unspecified atom stereocenters. The van der Waals surface area contributed by atoms with Gasteiger partial charge < -0.3 is 8.85 Å². The number of hydrogen-bond donors (Lipinski definition) is 0. The van der Waals surface area contributed by atoms with Gasteiger partial charge in [-0.3, -0.25) is 4.79 Å². The molecule has 1 spiro atoms. The van der Waals surface area contributed by atoms with Crippen molar-refractivity contribution in [3.05, 3.63) is 0 Å². The zero-order valence-electron chi connectivity index (χ0n) is 18.9. The van der Waals surface area contributed by atoms with Gasteiger partial charge in [0.2, 0.25) is 0 Å². The van der Waals surface area contributed by atoms with Crippen LogP contribution in [-0.4, -0.2) is 34.6 Å². The van der Waals surface area contributed by atoms with E-state index in [4.69, 9.17) is 8.85 Å². The maximum Gasteiger partial charge on any atom is 0.192 e. The summed E-state index contributed by atoms with van der Waals surface area (Å²) in [5.41, 5.74) is -0.0812. The van der Waals surface area contributed by atoms with Crippen LogP contribution in [0.4, 0.5) is 0 Å². The Labute approximate surface area is 163 Å². The number of rotatable bonds is 4. The third-order valence-electron chi connectivity index (χ3n) is 7.82. The molecule has 5 heteroatoms. The first-order chi connectivity index (χ1) is 11.5. The molecule has 0 radical (unpaired) electrons. The fourth-order valence-electron chi connectivity index (χ4n) is 4.00. The first-order valence-electron chi connectivity index (χ1n) is 10.4. The summed E-state index contributed by atoms with van der Waals surface area (Å²) in [4.78, 5) is 12.5. The molecule has 0 aromatic carbocycles. The van der Waals surface area contributed by atoms with E-state index in [1.54, 1.807) is 0 Å². The van der Waals surface area contributed by atoms with Crippen molar-refractivity contribution in [2.45, 2.75) is 122 Å². The zero-order chi connectivity index (χ0) is 20.2. The van der Waals surface area contributed by atoms with Crippen molar-refractivity contribution >= 4 is 22.4 Å². The van der Waals surface area contributed by atoms with Crippen molar-refractivity contribution in [3.63, 3.8) is 0 Å². The summed E-state index contributed by atoms with van der Waals surface area (Å²) in [6.45, 7) is 23.0. The van der Waals surface area contributed by atoms with Gasteiger partial charge in [-0.25, -0.2) is 0 Å². The molecule has 2 rings (SSSR count). The maximum absolute atomic E-state index is 12.5. The van der Waals surface area contributed by atoms with E-state index in [0.717, 1.165) is 19.3 Å². The summed E-state index contributed by atoms with van der Waals surface area (Å²) >= 11 is 0. The molecule has 0 saturated heterocycles. The number of ketones is 1. The summed E-state index contributed by atoms with van der Waals surface area (Å²) in [7, 11) is -3.78. The van der Waals surface area contributed by atoms with Gasteiger partial charge in [0.1, 0.15) is 5.78 Å². The first kappa shape index (κ1) is 22.3. The van der Waals surface area contributed by atoms with Gasteiger partial charge in [0.15, 0.2) is 16.6 Å². The highest BCUT2D eigenvalue weighted by atomic mass is 28.4. The Hall–Kier alpha value is 0.0238. The molecule has 26 heavy (non-hydrogen) atoms. The summed E-state index contributed by atoms with van der Waals surface area (Å²) in [6, 6.07) is 0. The Morgan fingerprint density at radius 3 is 1.81 bits per heavy atom. The number of hydrogen-bond acceptors (Lipinski definition) is 3. The van der Waals surface area contributed by atoms with Crippen LogP contribution >= 0.6 is 0 Å². The fourth-order valence-corrected chi connectivity index (χ4v) is 6.80. The highest BCUT2D eigenvalue weighted by Gasteiger charge is 2.58. The number of carbonyl (C=O) groups excluding carboxylic acids is 1. The van der Waals surface area contributed by atoms with E-state index in [2.05, 4.69) is 67.7 Å². The Bertz CT molecular complexity index is 542. The van der Waals surface area contributed by atoms with Crippen LogP contribution in [0, 0.1) is 5.41 Å². The van der Waals surface area contributed by atoms with Crippen molar-refractivity contribution < 1.29 is 13.6 Å². The fraction of sp³-hybridized carbons (Fsp3) is 0.952. The van der Waals surface area contributed by atoms with Crippen molar-refractivity contribution in [1.29, 1.82) is 0 Å². The van der Waals surface area contributed by atoms with E-state index >= 15 is 0 Å². The second-order valence-electron chi connectivity index (χ2n) is 11.8. The third-order valence-corrected chi connectivity index (χ3v) is 16.8. The Morgan fingerprint density at radius 1 is 0.885 bits per heavy atom. The van der Waals surface area contributed by atoms with Crippen LogP contribution in [0.2, 0.25) is 36.3 Å². The average Bonchev–Trinajstić information content (AvgIpc) is 2.91. The molecule has 0 amide bonds. The van der Waals surface area contributed by atoms with Crippen molar-refractivity contribution in [2.24, 2.45) is 5.41 Å². The van der Waals surface area contributed by atoms with Crippen molar-refractivity contribution in [3.8, 4) is 0 Å². The summed E-state index contributed by atoms with van der Waals surface area (Å²) in [5.74, 6) is 0.374. The molecular formula is C21H42O3Si2. The minimum atomic E-state index is -1.91. The zero-order valence-corrected chi connectivity index (χ0v) is 20.9. The maximum atomic E-state index is 12.5. The molecule has 0 heterocycles. The predicted molar refractivity (Wildman–Crippen MR) is 115 cm³/mol. The normalized spacial score (nSPS) is 31.2. The minimum Gasteiger partial charge on any atom is -0.413 e. The van der Waals surface area contributed by atoms with Gasteiger partial charge in [-0.05, 0) is 49.1 Å². The molecule has 2 aliphatic rings. The van der Waals surface area contributed by atoms with E-state index in [1.807, 2.05) is 0 Å². The molecule has 0 aliphatic heterocycles. The van der Waals surface area contributed by atoms with Crippen LogP contribution in [-0.2, 0) is 13.6 Å². The summed E-state index contributed by atoms with van der Waals surface area (Å²) in [6.07, 6.45) is 4.80. The monoisotopic (exact) mass is 398 g/mol. The van der Waals surface area contributed by atoms with Gasteiger partial charge >= 0.3 is 0 Å². The van der Waals surface area contributed by atoms with Gasteiger partial charge in [-0.2, -0.15) is 0 Å². The predicted octanol–water partition coefficient (Wildman–Crippen LogP) is 6.30. The van der Waals surface area contributed by atoms with E-state index in [0.29, 0.717) is 18.6 Å². The van der Waals surface area contributed by atoms with E-state index in [-0.39, 0.29) is 27.7 Å². The molecule has 2 aliphatic carbocycles. The molecule has 2 fully saturated rings. The largest absolute Gasteiger partial charge is 0.413 e. The molecule has 3 atom stereocenters. The lowest BCUT2D eigenvalue weighted by Crippen LogP contribution is -2.53. The first-order valence-corrected chi connectivity index (χ1v) is 16.2. The molecule has 2 saturated carbocycles. The van der Waals surface area contributed by atoms with E-state index in [1.165, 1.54) is 0 Å². The molecule has 0 N–H and O–H groups in total. The van der Waals surface area contributed by atoms with Gasteiger partial charge in [0.05, 0.1) is 12.2 Å². The summed E-state index contributed by atoms with van der Waals surface area (Å²) in [5, 5.41) is 0.351. The second-order valence-corrected chi connectivity index (χ2v) is 21.3. The topological polar surface area (TPSA) is 35.5 Å². The lowest BCUT2D eigenvalue weighted by Gasteiger charge is -2.47. The highest BCUT2D eigenvalue weighted by Crippen LogP contribution is 2.55. The molecular weight excluding hydrogens is 356 g/mol. The highest BCUT2D eigenvalue weighted by molar-refractivity contribution is 6.74. The van der Waals surface area contributed by atoms with Crippen molar-refractivity contribution in [2.75, 3.05) is 0 Å². The molecule has 3 nitrogen and oxygen atoms in total. The van der Waals surface area contributed by atoms with Gasteiger partial charge in [0.25, 0.3) is 0 Å². The molecule has 0 aromatic heterocycles. The lowest BCUT2D eigenvalue weighted by atomic mass is 9.80. The van der Waals surface area contributed by atoms with Crippen LogP contribution in [0.15, 0.2) is 0 Å². The van der Waals surface area contributed by atoms with Crippen LogP contribution in [0.1, 0.15) is 73.6 Å². The molecule has 0 aromatic rings. The Morgan fingerprint density at radius 2 is 1.35 bits per heavy atom. The minimum absolute atomic E-state index is 0.0492. The van der Waals surface area contributed by atoms with Crippen LogP contribution < -0.4 is 0 Å². The van der Waals surface area contributed by atoms with E-state index < -0.39 is 16.6 Å². The molecule has 0 bridgehead atoms. The Balaban J connectivity index is 2.30. The molecule has 152 valence electrons. The Kier molecular flexibility index (Phi) is 5.85. The van der Waals surface area contributed by atoms with Gasteiger partial charge in [-0.1, -0.05) is 48.0 Å². The van der Waals surface area contributed by atoms with Crippen molar-refractivity contribution in [1.82, 2.24) is 0 Å². The van der Waals surface area contributed by atoms with Crippen LogP contribution in [0.3, 0.4) is 0 Å². The SMILES string of the molecule is CC(C)(C)[Si](C)(C)O[C@H]1CCC[C@]12CC(=O)C[C@@H]2O[Si](C)(C)C(C)(C)C. The summed E-state index contributed by atoms with van der Waals surface area (Å²) < 4.78 is 13.8. The number of Topliss-reactive ketones (excluding diaryl/α,β-unsaturated/α-hetero) is 1. The van der Waals surface area contributed by atoms with Gasteiger partial charge in [-0.15, -0.1) is 0 Å². The van der Waals surface area contributed by atoms with Gasteiger partial charge in [0, 0.05) is 18.3 Å².